The van der Waals surface area contributed by atoms with Gasteiger partial charge < -0.3 is 4.90 Å². The largest absolute Gasteiger partial charge is 0.326 e. The Labute approximate surface area is 124 Å². The normalized spacial score (nSPS) is 26.4. The summed E-state index contributed by atoms with van der Waals surface area (Å²) in [7, 11) is 1.47. The Morgan fingerprint density at radius 3 is 2.62 bits per heavy atom. The Balaban J connectivity index is 2.24. The van der Waals surface area contributed by atoms with Gasteiger partial charge in [0.15, 0.2) is 0 Å². The molecular formula is C16H20N2O3. The third kappa shape index (κ3) is 2.82. The number of hydrogen-bond donors (Lipinski definition) is 0. The Hall–Kier alpha value is -2.17. The number of likely N-dealkylation sites (N-methyl/N-ethyl adjacent to an activating group) is 1. The molecule has 112 valence electrons. The summed E-state index contributed by atoms with van der Waals surface area (Å²) in [5.41, 5.74) is 1.34. The van der Waals surface area contributed by atoms with Crippen LogP contribution in [-0.4, -0.2) is 47.2 Å². The number of piperidine rings is 2. The zero-order chi connectivity index (χ0) is 15.6. The van der Waals surface area contributed by atoms with Crippen molar-refractivity contribution in [1.29, 1.82) is 0 Å². The van der Waals surface area contributed by atoms with Gasteiger partial charge in [0.25, 0.3) is 11.8 Å². The highest BCUT2D eigenvalue weighted by Crippen LogP contribution is 2.27. The lowest BCUT2D eigenvalue weighted by molar-refractivity contribution is -0.154. The molecule has 2 aliphatic heterocycles. The topological polar surface area (TPSA) is 57.7 Å². The zero-order valence-corrected chi connectivity index (χ0v) is 12.5. The predicted molar refractivity (Wildman–Crippen MR) is 79.2 cm³/mol. The Bertz CT molecular complexity index is 560. The van der Waals surface area contributed by atoms with Gasteiger partial charge in [-0.2, -0.15) is 0 Å². The van der Waals surface area contributed by atoms with Crippen molar-refractivity contribution in [2.24, 2.45) is 0 Å². The summed E-state index contributed by atoms with van der Waals surface area (Å²) in [6.45, 7) is 6.27. The van der Waals surface area contributed by atoms with E-state index in [2.05, 4.69) is 6.58 Å². The lowest BCUT2D eigenvalue weighted by Gasteiger charge is -2.39. The number of imide groups is 1. The van der Waals surface area contributed by atoms with Crippen LogP contribution in [0.1, 0.15) is 26.2 Å². The lowest BCUT2D eigenvalue weighted by atomic mass is 9.94. The van der Waals surface area contributed by atoms with Crippen molar-refractivity contribution in [3.63, 3.8) is 0 Å². The van der Waals surface area contributed by atoms with Gasteiger partial charge in [-0.1, -0.05) is 18.7 Å². The molecule has 0 aliphatic carbocycles. The Morgan fingerprint density at radius 2 is 1.95 bits per heavy atom. The molecule has 2 aliphatic rings. The second-order valence-electron chi connectivity index (χ2n) is 5.30. The van der Waals surface area contributed by atoms with Crippen LogP contribution in [0.5, 0.6) is 0 Å². The maximum Gasteiger partial charge on any atom is 0.254 e. The van der Waals surface area contributed by atoms with Crippen molar-refractivity contribution < 1.29 is 14.4 Å². The highest BCUT2D eigenvalue weighted by atomic mass is 16.2. The molecule has 0 aromatic rings. The van der Waals surface area contributed by atoms with Crippen molar-refractivity contribution in [3.05, 3.63) is 36.0 Å². The monoisotopic (exact) mass is 288 g/mol. The maximum atomic E-state index is 12.6. The molecule has 21 heavy (non-hydrogen) atoms. The van der Waals surface area contributed by atoms with Crippen molar-refractivity contribution >= 4 is 17.7 Å². The number of amides is 3. The van der Waals surface area contributed by atoms with Gasteiger partial charge >= 0.3 is 0 Å². The van der Waals surface area contributed by atoms with Crippen LogP contribution < -0.4 is 0 Å². The first-order chi connectivity index (χ1) is 9.97. The van der Waals surface area contributed by atoms with E-state index < -0.39 is 6.04 Å². The fourth-order valence-corrected chi connectivity index (χ4v) is 2.66. The van der Waals surface area contributed by atoms with Crippen molar-refractivity contribution in [2.75, 3.05) is 13.6 Å². The van der Waals surface area contributed by atoms with Crippen LogP contribution in [0.3, 0.4) is 0 Å². The summed E-state index contributed by atoms with van der Waals surface area (Å²) in [6.07, 6.45) is 6.71. The zero-order valence-electron chi connectivity index (χ0n) is 12.5. The summed E-state index contributed by atoms with van der Waals surface area (Å²) in [4.78, 5) is 39.1. The smallest absolute Gasteiger partial charge is 0.254 e. The molecule has 2 fully saturated rings. The van der Waals surface area contributed by atoms with E-state index >= 15 is 0 Å². The van der Waals surface area contributed by atoms with E-state index in [1.54, 1.807) is 17.1 Å². The summed E-state index contributed by atoms with van der Waals surface area (Å²) in [6, 6.07) is -0.540. The van der Waals surface area contributed by atoms with E-state index in [1.807, 2.05) is 13.0 Å². The Kier molecular flexibility index (Phi) is 4.40. The minimum Gasteiger partial charge on any atom is -0.326 e. The molecule has 0 spiro atoms. The number of carbonyl (C=O) groups is 3. The minimum atomic E-state index is -0.540. The van der Waals surface area contributed by atoms with Crippen LogP contribution in [0.15, 0.2) is 36.0 Å². The van der Waals surface area contributed by atoms with Crippen LogP contribution in [0.2, 0.25) is 0 Å². The molecule has 1 unspecified atom stereocenters. The number of rotatable bonds is 2. The van der Waals surface area contributed by atoms with Gasteiger partial charge in [-0.05, 0) is 31.4 Å². The summed E-state index contributed by atoms with van der Waals surface area (Å²) in [5.74, 6) is -0.655. The highest BCUT2D eigenvalue weighted by Gasteiger charge is 2.40. The fraction of sp³-hybridized carbons (Fsp3) is 0.438. The first-order valence-corrected chi connectivity index (χ1v) is 7.10. The summed E-state index contributed by atoms with van der Waals surface area (Å²) in [5, 5.41) is 0. The molecule has 5 nitrogen and oxygen atoms in total. The Morgan fingerprint density at radius 1 is 1.24 bits per heavy atom. The second-order valence-corrected chi connectivity index (χ2v) is 5.30. The SMILES string of the molecule is C=C1CCN(C2CCC(=O)N(C)C2=O)C(=O)/C1=C/C=C\C. The van der Waals surface area contributed by atoms with Crippen LogP contribution in [-0.2, 0) is 14.4 Å². The van der Waals surface area contributed by atoms with Crippen LogP contribution in [0.4, 0.5) is 0 Å². The molecule has 3 amide bonds. The van der Waals surface area contributed by atoms with Gasteiger partial charge in [0.2, 0.25) is 5.91 Å². The van der Waals surface area contributed by atoms with E-state index in [9.17, 15) is 14.4 Å². The molecule has 1 atom stereocenters. The molecule has 0 aromatic carbocycles. The standard InChI is InChI=1S/C16H20N2O3/c1-4-5-6-12-11(2)9-10-18(15(12)20)13-7-8-14(19)17(3)16(13)21/h4-6,13H,2,7-10H2,1,3H3/b5-4-,12-6+. The number of hydrogen-bond acceptors (Lipinski definition) is 3. The molecule has 0 saturated carbocycles. The molecule has 0 aromatic heterocycles. The van der Waals surface area contributed by atoms with Crippen LogP contribution in [0.25, 0.3) is 0 Å². The van der Waals surface area contributed by atoms with Crippen molar-refractivity contribution in [2.45, 2.75) is 32.2 Å². The first kappa shape index (κ1) is 15.2. The molecule has 0 radical (unpaired) electrons. The third-order valence-electron chi connectivity index (χ3n) is 3.98. The molecule has 2 saturated heterocycles. The first-order valence-electron chi connectivity index (χ1n) is 7.10. The quantitative estimate of drug-likeness (QED) is 0.570. The number of nitrogens with zero attached hydrogens (tertiary/aromatic N) is 2. The average molecular weight is 288 g/mol. The van der Waals surface area contributed by atoms with E-state index in [4.69, 9.17) is 0 Å². The molecule has 5 heteroatoms. The molecule has 0 N–H and O–H groups in total. The minimum absolute atomic E-state index is 0.176. The van der Waals surface area contributed by atoms with E-state index in [1.165, 1.54) is 7.05 Å². The number of likely N-dealkylation sites (tertiary alicyclic amines) is 2. The van der Waals surface area contributed by atoms with Gasteiger partial charge in [-0.25, -0.2) is 0 Å². The van der Waals surface area contributed by atoms with Gasteiger partial charge in [-0.15, -0.1) is 0 Å². The molecule has 2 heterocycles. The average Bonchev–Trinajstić information content (AvgIpc) is 2.46. The third-order valence-corrected chi connectivity index (χ3v) is 3.98. The van der Waals surface area contributed by atoms with Gasteiger partial charge in [0, 0.05) is 25.6 Å². The van der Waals surface area contributed by atoms with Gasteiger partial charge in [0.1, 0.15) is 6.04 Å². The fourth-order valence-electron chi connectivity index (χ4n) is 2.66. The summed E-state index contributed by atoms with van der Waals surface area (Å²) < 4.78 is 0. The molecule has 0 bridgehead atoms. The van der Waals surface area contributed by atoms with E-state index in [0.29, 0.717) is 31.4 Å². The van der Waals surface area contributed by atoms with Crippen molar-refractivity contribution in [3.8, 4) is 0 Å². The molecular weight excluding hydrogens is 268 g/mol. The second kappa shape index (κ2) is 6.08. The van der Waals surface area contributed by atoms with Crippen LogP contribution >= 0.6 is 0 Å². The lowest BCUT2D eigenvalue weighted by Crippen LogP contribution is -2.56. The maximum absolute atomic E-state index is 12.6. The van der Waals surface area contributed by atoms with Gasteiger partial charge in [0.05, 0.1) is 0 Å². The summed E-state index contributed by atoms with van der Waals surface area (Å²) >= 11 is 0. The van der Waals surface area contributed by atoms with E-state index in [0.717, 1.165) is 10.5 Å². The van der Waals surface area contributed by atoms with Crippen LogP contribution in [0, 0.1) is 0 Å². The van der Waals surface area contributed by atoms with Crippen molar-refractivity contribution in [1.82, 2.24) is 9.80 Å². The number of carbonyl (C=O) groups excluding carboxylic acids is 3. The molecule has 2 rings (SSSR count). The number of allylic oxidation sites excluding steroid dienone is 3. The predicted octanol–water partition coefficient (Wildman–Crippen LogP) is 1.42. The van der Waals surface area contributed by atoms with Gasteiger partial charge in [-0.3, -0.25) is 19.3 Å². The highest BCUT2D eigenvalue weighted by molar-refractivity contribution is 6.05. The van der Waals surface area contributed by atoms with E-state index in [-0.39, 0.29) is 17.7 Å².